The number of hydrogen-bond acceptors (Lipinski definition) is 4. The van der Waals surface area contributed by atoms with E-state index in [2.05, 4.69) is 4.98 Å². The molecule has 3 rings (SSSR count). The number of rotatable bonds is 3. The van der Waals surface area contributed by atoms with E-state index in [4.69, 9.17) is 9.52 Å². The van der Waals surface area contributed by atoms with Gasteiger partial charge < -0.3 is 14.4 Å². The summed E-state index contributed by atoms with van der Waals surface area (Å²) in [6.07, 6.45) is 6.88. The average Bonchev–Trinajstić information content (AvgIpc) is 2.99. The zero-order valence-electron chi connectivity index (χ0n) is 12.6. The van der Waals surface area contributed by atoms with E-state index in [1.165, 1.54) is 18.3 Å². The number of nitrogens with zero attached hydrogens (tertiary/aromatic N) is 2. The van der Waals surface area contributed by atoms with Crippen molar-refractivity contribution in [1.82, 2.24) is 9.88 Å². The van der Waals surface area contributed by atoms with Crippen LogP contribution in [0.15, 0.2) is 41.1 Å². The van der Waals surface area contributed by atoms with E-state index in [1.54, 1.807) is 6.26 Å². The van der Waals surface area contributed by atoms with Gasteiger partial charge in [0.2, 0.25) is 0 Å². The second kappa shape index (κ2) is 6.64. The Bertz CT molecular complexity index is 679. The molecule has 120 valence electrons. The molecule has 1 amide bonds. The number of carbonyl (C=O) groups is 2. The highest BCUT2D eigenvalue weighted by Gasteiger charge is 2.29. The smallest absolute Gasteiger partial charge is 0.354 e. The van der Waals surface area contributed by atoms with E-state index in [0.29, 0.717) is 12.1 Å². The van der Waals surface area contributed by atoms with Crippen LogP contribution >= 0.6 is 0 Å². The second-order valence-electron chi connectivity index (χ2n) is 5.62. The summed E-state index contributed by atoms with van der Waals surface area (Å²) in [5.41, 5.74) is 0.327. The van der Waals surface area contributed by atoms with Gasteiger partial charge in [0, 0.05) is 12.7 Å². The standard InChI is InChI=1S/C17H18N2O4/c20-16(12-7-8-13(17(21)22)18-11-12)19-9-3-1-2-5-14(19)15-6-4-10-23-15/h4,6-8,10-11,14H,1-3,5,9H2,(H,21,22)/t14-/m1/s1. The Kier molecular flexibility index (Phi) is 4.41. The molecule has 3 heterocycles. The maximum atomic E-state index is 12.8. The summed E-state index contributed by atoms with van der Waals surface area (Å²) in [7, 11) is 0. The quantitative estimate of drug-likeness (QED) is 0.941. The van der Waals surface area contributed by atoms with Gasteiger partial charge >= 0.3 is 5.97 Å². The lowest BCUT2D eigenvalue weighted by molar-refractivity contribution is 0.0652. The predicted molar refractivity (Wildman–Crippen MR) is 82.1 cm³/mol. The van der Waals surface area contributed by atoms with Gasteiger partial charge in [-0.1, -0.05) is 12.8 Å². The van der Waals surface area contributed by atoms with Crippen molar-refractivity contribution in [1.29, 1.82) is 0 Å². The van der Waals surface area contributed by atoms with Crippen molar-refractivity contribution in [3.05, 3.63) is 53.7 Å². The largest absolute Gasteiger partial charge is 0.477 e. The van der Waals surface area contributed by atoms with E-state index in [9.17, 15) is 9.59 Å². The first-order valence-corrected chi connectivity index (χ1v) is 7.70. The Balaban J connectivity index is 1.86. The first-order valence-electron chi connectivity index (χ1n) is 7.70. The van der Waals surface area contributed by atoms with Crippen LogP contribution in [0.2, 0.25) is 0 Å². The summed E-state index contributed by atoms with van der Waals surface area (Å²) < 4.78 is 5.51. The second-order valence-corrected chi connectivity index (χ2v) is 5.62. The molecule has 1 N–H and O–H groups in total. The molecule has 0 unspecified atom stereocenters. The van der Waals surface area contributed by atoms with E-state index in [0.717, 1.165) is 31.4 Å². The average molecular weight is 314 g/mol. The number of furan rings is 1. The Morgan fingerprint density at radius 1 is 1.22 bits per heavy atom. The van der Waals surface area contributed by atoms with Crippen LogP contribution < -0.4 is 0 Å². The first kappa shape index (κ1) is 15.3. The van der Waals surface area contributed by atoms with Gasteiger partial charge in [-0.15, -0.1) is 0 Å². The summed E-state index contributed by atoms with van der Waals surface area (Å²) in [4.78, 5) is 29.3. The fourth-order valence-electron chi connectivity index (χ4n) is 2.94. The molecule has 6 heteroatoms. The molecule has 0 bridgehead atoms. The van der Waals surface area contributed by atoms with Crippen LogP contribution in [0, 0.1) is 0 Å². The SMILES string of the molecule is O=C(O)c1ccc(C(=O)N2CCCCC[C@@H]2c2ccco2)cn1. The van der Waals surface area contributed by atoms with Gasteiger partial charge in [-0.3, -0.25) is 4.79 Å². The van der Waals surface area contributed by atoms with Gasteiger partial charge in [-0.25, -0.2) is 9.78 Å². The van der Waals surface area contributed by atoms with Gasteiger partial charge in [-0.2, -0.15) is 0 Å². The molecule has 2 aromatic rings. The van der Waals surface area contributed by atoms with E-state index in [1.807, 2.05) is 17.0 Å². The van der Waals surface area contributed by atoms with Crippen LogP contribution in [-0.4, -0.2) is 33.4 Å². The first-order chi connectivity index (χ1) is 11.2. The maximum Gasteiger partial charge on any atom is 0.354 e. The van der Waals surface area contributed by atoms with Gasteiger partial charge in [0.25, 0.3) is 5.91 Å². The highest BCUT2D eigenvalue weighted by Crippen LogP contribution is 2.31. The topological polar surface area (TPSA) is 83.6 Å². The molecule has 0 aromatic carbocycles. The molecular weight excluding hydrogens is 296 g/mol. The minimum atomic E-state index is -1.10. The summed E-state index contributed by atoms with van der Waals surface area (Å²) in [6.45, 7) is 0.658. The molecule has 0 spiro atoms. The number of hydrogen-bond donors (Lipinski definition) is 1. The van der Waals surface area contributed by atoms with Crippen molar-refractivity contribution >= 4 is 11.9 Å². The molecule has 6 nitrogen and oxygen atoms in total. The third-order valence-electron chi connectivity index (χ3n) is 4.11. The van der Waals surface area contributed by atoms with E-state index in [-0.39, 0.29) is 17.6 Å². The lowest BCUT2D eigenvalue weighted by Crippen LogP contribution is -2.34. The monoisotopic (exact) mass is 314 g/mol. The minimum Gasteiger partial charge on any atom is -0.477 e. The number of likely N-dealkylation sites (tertiary alicyclic amines) is 1. The number of carboxylic acid groups (broad SMARTS) is 1. The fraction of sp³-hybridized carbons (Fsp3) is 0.353. The molecule has 1 fully saturated rings. The van der Waals surface area contributed by atoms with E-state index < -0.39 is 5.97 Å². The van der Waals surface area contributed by atoms with Crippen LogP contribution in [0.25, 0.3) is 0 Å². The van der Waals surface area contributed by atoms with Gasteiger partial charge in [0.15, 0.2) is 0 Å². The lowest BCUT2D eigenvalue weighted by Gasteiger charge is -2.28. The molecule has 1 aliphatic heterocycles. The van der Waals surface area contributed by atoms with Crippen LogP contribution in [-0.2, 0) is 0 Å². The zero-order valence-corrected chi connectivity index (χ0v) is 12.6. The van der Waals surface area contributed by atoms with Crippen molar-refractivity contribution in [2.45, 2.75) is 31.7 Å². The van der Waals surface area contributed by atoms with Crippen LogP contribution in [0.4, 0.5) is 0 Å². The van der Waals surface area contributed by atoms with Crippen molar-refractivity contribution < 1.29 is 19.1 Å². The van der Waals surface area contributed by atoms with Crippen LogP contribution in [0.5, 0.6) is 0 Å². The maximum absolute atomic E-state index is 12.8. The number of amides is 1. The van der Waals surface area contributed by atoms with Gasteiger partial charge in [-0.05, 0) is 37.1 Å². The molecule has 0 saturated carbocycles. The summed E-state index contributed by atoms with van der Waals surface area (Å²) in [6, 6.07) is 6.51. The summed E-state index contributed by atoms with van der Waals surface area (Å²) >= 11 is 0. The van der Waals surface area contributed by atoms with Crippen LogP contribution in [0.3, 0.4) is 0 Å². The number of carboxylic acids is 1. The molecule has 1 aliphatic rings. The number of aromatic nitrogens is 1. The predicted octanol–water partition coefficient (Wildman–Crippen LogP) is 3.13. The van der Waals surface area contributed by atoms with Crippen molar-refractivity contribution in [2.75, 3.05) is 6.54 Å². The Morgan fingerprint density at radius 2 is 2.09 bits per heavy atom. The van der Waals surface area contributed by atoms with Gasteiger partial charge in [0.1, 0.15) is 11.5 Å². The minimum absolute atomic E-state index is 0.0694. The molecule has 0 radical (unpaired) electrons. The van der Waals surface area contributed by atoms with Crippen molar-refractivity contribution in [3.63, 3.8) is 0 Å². The molecule has 23 heavy (non-hydrogen) atoms. The fourth-order valence-corrected chi connectivity index (χ4v) is 2.94. The summed E-state index contributed by atoms with van der Waals surface area (Å²) in [5, 5.41) is 8.90. The van der Waals surface area contributed by atoms with E-state index >= 15 is 0 Å². The van der Waals surface area contributed by atoms with Gasteiger partial charge in [0.05, 0.1) is 17.9 Å². The lowest BCUT2D eigenvalue weighted by atomic mass is 10.1. The molecular formula is C17H18N2O4. The molecule has 1 atom stereocenters. The normalized spacial score (nSPS) is 18.4. The zero-order chi connectivity index (χ0) is 16.2. The third-order valence-corrected chi connectivity index (χ3v) is 4.11. The number of pyridine rings is 1. The van der Waals surface area contributed by atoms with Crippen molar-refractivity contribution in [2.24, 2.45) is 0 Å². The molecule has 1 saturated heterocycles. The highest BCUT2D eigenvalue weighted by atomic mass is 16.4. The number of aromatic carboxylic acids is 1. The Hall–Kier alpha value is -2.63. The Morgan fingerprint density at radius 3 is 2.74 bits per heavy atom. The van der Waals surface area contributed by atoms with Crippen molar-refractivity contribution in [3.8, 4) is 0 Å². The highest BCUT2D eigenvalue weighted by molar-refractivity contribution is 5.95. The third kappa shape index (κ3) is 3.26. The molecule has 2 aromatic heterocycles. The summed E-state index contributed by atoms with van der Waals surface area (Å²) in [5.74, 6) is -0.458. The molecule has 0 aliphatic carbocycles. The number of carbonyl (C=O) groups excluding carboxylic acids is 1. The van der Waals surface area contributed by atoms with Crippen LogP contribution in [0.1, 0.15) is 58.3 Å². The Labute approximate surface area is 133 Å².